The molecule has 1 aliphatic heterocycles. The van der Waals surface area contributed by atoms with Crippen molar-refractivity contribution < 1.29 is 19.0 Å². The van der Waals surface area contributed by atoms with Crippen LogP contribution in [0, 0.1) is 0 Å². The summed E-state index contributed by atoms with van der Waals surface area (Å²) in [6.45, 7) is 2.23. The van der Waals surface area contributed by atoms with Gasteiger partial charge in [-0.3, -0.25) is 0 Å². The predicted molar refractivity (Wildman–Crippen MR) is 65.2 cm³/mol. The molecule has 0 unspecified atom stereocenters. The minimum atomic E-state index is -0.851. The second-order valence-corrected chi connectivity index (χ2v) is 4.57. The zero-order valence-electron chi connectivity index (χ0n) is 9.89. The topological polar surface area (TPSA) is 70.8 Å². The van der Waals surface area contributed by atoms with E-state index in [0.717, 1.165) is 5.56 Å². The first-order chi connectivity index (χ1) is 8.49. The highest BCUT2D eigenvalue weighted by atomic mass is 35.5. The Morgan fingerprint density at radius 1 is 1.56 bits per heavy atom. The quantitative estimate of drug-likeness (QED) is 0.913. The molecule has 0 saturated carbocycles. The van der Waals surface area contributed by atoms with Crippen LogP contribution < -0.4 is 5.73 Å². The van der Waals surface area contributed by atoms with Crippen LogP contribution in [0.5, 0.6) is 0 Å². The third-order valence-corrected chi connectivity index (χ3v) is 2.97. The highest BCUT2D eigenvalue weighted by Gasteiger charge is 2.39. The number of rotatable bonds is 3. The largest absolute Gasteiger partial charge is 0.447 e. The van der Waals surface area contributed by atoms with Crippen LogP contribution >= 0.6 is 11.6 Å². The fraction of sp³-hybridized carbons (Fsp3) is 0.417. The van der Waals surface area contributed by atoms with E-state index in [1.54, 1.807) is 19.1 Å². The molecule has 1 aromatic rings. The number of nitrogens with two attached hydrogens (primary N) is 1. The maximum Gasteiger partial charge on any atom is 0.404 e. The van der Waals surface area contributed by atoms with E-state index in [9.17, 15) is 4.79 Å². The van der Waals surface area contributed by atoms with E-state index in [0.29, 0.717) is 11.6 Å². The molecule has 2 atom stereocenters. The average Bonchev–Trinajstić information content (AvgIpc) is 2.71. The number of primary amides is 1. The molecule has 1 fully saturated rings. The van der Waals surface area contributed by atoms with Gasteiger partial charge in [0, 0.05) is 10.6 Å². The zero-order chi connectivity index (χ0) is 13.2. The van der Waals surface area contributed by atoms with Gasteiger partial charge in [-0.2, -0.15) is 0 Å². The Morgan fingerprint density at radius 3 is 2.83 bits per heavy atom. The second kappa shape index (κ2) is 5.14. The van der Waals surface area contributed by atoms with Gasteiger partial charge in [-0.05, 0) is 19.1 Å². The lowest BCUT2D eigenvalue weighted by atomic mass is 10.1. The predicted octanol–water partition coefficient (Wildman–Crippen LogP) is 2.02. The summed E-state index contributed by atoms with van der Waals surface area (Å²) in [4.78, 5) is 10.5. The van der Waals surface area contributed by atoms with E-state index >= 15 is 0 Å². The summed E-state index contributed by atoms with van der Waals surface area (Å²) in [7, 11) is 0. The third-order valence-electron chi connectivity index (χ3n) is 2.72. The van der Waals surface area contributed by atoms with Gasteiger partial charge in [0.25, 0.3) is 0 Å². The minimum Gasteiger partial charge on any atom is -0.447 e. The lowest BCUT2D eigenvalue weighted by Gasteiger charge is -2.23. The number of hydrogen-bond acceptors (Lipinski definition) is 4. The molecule has 2 N–H and O–H groups in total. The average molecular weight is 272 g/mol. The van der Waals surface area contributed by atoms with E-state index < -0.39 is 11.9 Å². The summed E-state index contributed by atoms with van der Waals surface area (Å²) < 4.78 is 16.0. The molecule has 0 aromatic heterocycles. The Bertz CT molecular complexity index is 436. The van der Waals surface area contributed by atoms with Crippen LogP contribution in [0.2, 0.25) is 5.02 Å². The van der Waals surface area contributed by atoms with Gasteiger partial charge in [-0.15, -0.1) is 0 Å². The molecule has 6 heteroatoms. The van der Waals surface area contributed by atoms with Crippen LogP contribution in [0.4, 0.5) is 4.79 Å². The van der Waals surface area contributed by atoms with Crippen LogP contribution in [-0.2, 0) is 20.0 Å². The van der Waals surface area contributed by atoms with E-state index in [1.807, 2.05) is 12.1 Å². The third kappa shape index (κ3) is 2.93. The van der Waals surface area contributed by atoms with Crippen molar-refractivity contribution in [2.45, 2.75) is 18.8 Å². The second-order valence-electron chi connectivity index (χ2n) is 4.13. The maximum atomic E-state index is 10.5. The van der Waals surface area contributed by atoms with Crippen LogP contribution in [-0.4, -0.2) is 25.4 Å². The van der Waals surface area contributed by atoms with Gasteiger partial charge in [-0.1, -0.05) is 23.7 Å². The molecular formula is C12H14ClNO4. The van der Waals surface area contributed by atoms with Gasteiger partial charge < -0.3 is 19.9 Å². The van der Waals surface area contributed by atoms with Crippen LogP contribution in [0.1, 0.15) is 12.5 Å². The van der Waals surface area contributed by atoms with Gasteiger partial charge in [0.2, 0.25) is 0 Å². The molecule has 5 nitrogen and oxygen atoms in total. The molecule has 98 valence electrons. The van der Waals surface area contributed by atoms with Crippen molar-refractivity contribution in [1.82, 2.24) is 0 Å². The fourth-order valence-corrected chi connectivity index (χ4v) is 1.93. The number of amides is 1. The number of benzene rings is 1. The monoisotopic (exact) mass is 271 g/mol. The molecule has 1 aromatic carbocycles. The molecule has 0 aliphatic carbocycles. The Balaban J connectivity index is 2.01. The number of carbonyl (C=O) groups excluding carboxylic acids is 1. The summed E-state index contributed by atoms with van der Waals surface area (Å²) in [5.41, 5.74) is 5.75. The van der Waals surface area contributed by atoms with Crippen molar-refractivity contribution in [2.24, 2.45) is 5.73 Å². The smallest absolute Gasteiger partial charge is 0.404 e. The number of hydrogen-bond donors (Lipinski definition) is 1. The first-order valence-electron chi connectivity index (χ1n) is 5.50. The number of carbonyl (C=O) groups is 1. The maximum absolute atomic E-state index is 10.5. The van der Waals surface area contributed by atoms with Crippen molar-refractivity contribution in [3.05, 3.63) is 34.9 Å². The molecule has 0 spiro atoms. The Kier molecular flexibility index (Phi) is 3.75. The van der Waals surface area contributed by atoms with Gasteiger partial charge in [0.1, 0.15) is 12.7 Å². The molecular weight excluding hydrogens is 258 g/mol. The minimum absolute atomic E-state index is 0.0819. The molecule has 0 bridgehead atoms. The van der Waals surface area contributed by atoms with Crippen LogP contribution in [0.15, 0.2) is 24.3 Å². The summed E-state index contributed by atoms with van der Waals surface area (Å²) in [5, 5.41) is 0.647. The van der Waals surface area contributed by atoms with Crippen LogP contribution in [0.3, 0.4) is 0 Å². The molecule has 0 radical (unpaired) electrons. The molecule has 2 rings (SSSR count). The number of halogens is 1. The molecule has 1 aliphatic rings. The van der Waals surface area contributed by atoms with E-state index in [4.69, 9.17) is 26.8 Å². The lowest BCUT2D eigenvalue weighted by molar-refractivity contribution is -0.165. The standard InChI is InChI=1S/C12H14ClNO4/c1-12(8-2-4-9(13)5-3-8)17-7-10(18-12)6-16-11(14)15/h2-5,10H,6-7H2,1H3,(H2,14,15)/t10-,12-/m0/s1. The Morgan fingerprint density at radius 2 is 2.22 bits per heavy atom. The highest BCUT2D eigenvalue weighted by molar-refractivity contribution is 6.30. The van der Waals surface area contributed by atoms with Gasteiger partial charge in [0.05, 0.1) is 6.61 Å². The Labute approximate surface area is 110 Å². The van der Waals surface area contributed by atoms with Crippen LogP contribution in [0.25, 0.3) is 0 Å². The van der Waals surface area contributed by atoms with Gasteiger partial charge in [-0.25, -0.2) is 4.79 Å². The van der Waals surface area contributed by atoms with Gasteiger partial charge in [0.15, 0.2) is 5.79 Å². The van der Waals surface area contributed by atoms with Crippen molar-refractivity contribution >= 4 is 17.7 Å². The van der Waals surface area contributed by atoms with Crippen molar-refractivity contribution in [3.63, 3.8) is 0 Å². The SMILES string of the molecule is C[C@]1(c2ccc(Cl)cc2)OC[C@H](COC(N)=O)O1. The van der Waals surface area contributed by atoms with Crippen molar-refractivity contribution in [3.8, 4) is 0 Å². The summed E-state index contributed by atoms with van der Waals surface area (Å²) in [5.74, 6) is -0.851. The fourth-order valence-electron chi connectivity index (χ4n) is 1.80. The van der Waals surface area contributed by atoms with Gasteiger partial charge >= 0.3 is 6.09 Å². The summed E-state index contributed by atoms with van der Waals surface area (Å²) in [6, 6.07) is 7.20. The van der Waals surface area contributed by atoms with E-state index in [1.165, 1.54) is 0 Å². The first kappa shape index (κ1) is 13.1. The zero-order valence-corrected chi connectivity index (χ0v) is 10.6. The normalized spacial score (nSPS) is 27.1. The molecule has 18 heavy (non-hydrogen) atoms. The summed E-state index contributed by atoms with van der Waals surface area (Å²) in [6.07, 6.45) is -1.14. The highest BCUT2D eigenvalue weighted by Crippen LogP contribution is 2.34. The van der Waals surface area contributed by atoms with E-state index in [-0.39, 0.29) is 12.7 Å². The lowest BCUT2D eigenvalue weighted by Crippen LogP contribution is -2.27. The Hall–Kier alpha value is -1.30. The van der Waals surface area contributed by atoms with E-state index in [2.05, 4.69) is 4.74 Å². The number of ether oxygens (including phenoxy) is 3. The molecule has 1 amide bonds. The van der Waals surface area contributed by atoms with Crippen molar-refractivity contribution in [2.75, 3.05) is 13.2 Å². The molecule has 1 saturated heterocycles. The summed E-state index contributed by atoms with van der Waals surface area (Å²) >= 11 is 5.82. The molecule has 1 heterocycles. The van der Waals surface area contributed by atoms with Crippen molar-refractivity contribution in [1.29, 1.82) is 0 Å². The first-order valence-corrected chi connectivity index (χ1v) is 5.87.